The van der Waals surface area contributed by atoms with Crippen LogP contribution >= 0.6 is 0 Å². The van der Waals surface area contributed by atoms with Crippen molar-refractivity contribution in [1.29, 1.82) is 0 Å². The van der Waals surface area contributed by atoms with E-state index in [2.05, 4.69) is 18.7 Å². The first-order valence-electron chi connectivity index (χ1n) is 23.7. The van der Waals surface area contributed by atoms with Crippen LogP contribution in [-0.2, 0) is 14.3 Å². The van der Waals surface area contributed by atoms with E-state index in [-0.39, 0.29) is 5.97 Å². The van der Waals surface area contributed by atoms with E-state index >= 15 is 0 Å². The molecule has 0 aromatic carbocycles. The number of carboxylic acid groups (broad SMARTS) is 1. The zero-order chi connectivity index (χ0) is 38.3. The fourth-order valence-corrected chi connectivity index (χ4v) is 7.92. The lowest BCUT2D eigenvalue weighted by molar-refractivity contribution is -0.144. The lowest BCUT2D eigenvalue weighted by Crippen LogP contribution is -2.35. The van der Waals surface area contributed by atoms with Gasteiger partial charge in [-0.1, -0.05) is 200 Å². The molecule has 1 unspecified atom stereocenters. The average molecular weight is 747 g/mol. The Labute approximate surface area is 329 Å². The number of esters is 1. The maximum absolute atomic E-state index is 12.1. The van der Waals surface area contributed by atoms with Crippen LogP contribution in [0.15, 0.2) is 4.99 Å². The minimum atomic E-state index is -0.663. The van der Waals surface area contributed by atoms with Gasteiger partial charge in [-0.25, -0.2) is 0 Å². The molecule has 0 saturated carbocycles. The quantitative estimate of drug-likeness (QED) is 0.0497. The highest BCUT2D eigenvalue weighted by molar-refractivity contribution is 5.84. The minimum absolute atomic E-state index is 0.0144. The normalized spacial score (nSPS) is 14.3. The first kappa shape index (κ1) is 49.4. The summed E-state index contributed by atoms with van der Waals surface area (Å²) in [6.45, 7) is 7.40. The maximum atomic E-state index is 12.1. The molecule has 1 atom stereocenters. The summed E-state index contributed by atoms with van der Waals surface area (Å²) in [5, 5.41) is 8.70. The molecule has 1 rings (SSSR count). The highest BCUT2D eigenvalue weighted by Crippen LogP contribution is 2.19. The van der Waals surface area contributed by atoms with Gasteiger partial charge >= 0.3 is 11.9 Å². The monoisotopic (exact) mass is 747 g/mol. The van der Waals surface area contributed by atoms with E-state index in [1.165, 1.54) is 205 Å². The van der Waals surface area contributed by atoms with Gasteiger partial charge in [0.15, 0.2) is 0 Å². The predicted octanol–water partition coefficient (Wildman–Crippen LogP) is 14.6. The summed E-state index contributed by atoms with van der Waals surface area (Å²) in [6.07, 6.45) is 47.3. The molecule has 1 heterocycles. The molecular formula is C47H90N2O4. The van der Waals surface area contributed by atoms with Gasteiger partial charge < -0.3 is 14.7 Å². The van der Waals surface area contributed by atoms with Crippen LogP contribution in [0.3, 0.4) is 0 Å². The van der Waals surface area contributed by atoms with Gasteiger partial charge in [0.25, 0.3) is 0 Å². The molecule has 1 N–H and O–H groups in total. The number of carbonyl (C=O) groups excluding carboxylic acids is 1. The first-order valence-corrected chi connectivity index (χ1v) is 23.7. The van der Waals surface area contributed by atoms with Gasteiger partial charge in [-0.2, -0.15) is 0 Å². The Morgan fingerprint density at radius 3 is 1.38 bits per heavy atom. The van der Waals surface area contributed by atoms with Crippen molar-refractivity contribution in [2.24, 2.45) is 4.99 Å². The van der Waals surface area contributed by atoms with Crippen LogP contribution < -0.4 is 0 Å². The standard InChI is InChI=1S/C47H90N2O4/c1-3-4-5-6-7-8-9-10-11-17-22-27-32-37-42-53-47(52)40-35-30-25-20-13-12-16-21-26-31-36-41-49-44(2)43-48-45(49)38-33-28-23-18-14-15-19-24-29-34-39-46(50)51/h44H,3-43H2,1-2H3,(H,50,51). The van der Waals surface area contributed by atoms with Crippen molar-refractivity contribution >= 4 is 17.8 Å². The molecular weight excluding hydrogens is 657 g/mol. The Bertz CT molecular complexity index is 846. The van der Waals surface area contributed by atoms with E-state index in [1.807, 2.05) is 0 Å². The van der Waals surface area contributed by atoms with Crippen molar-refractivity contribution in [2.75, 3.05) is 19.7 Å². The predicted molar refractivity (Wildman–Crippen MR) is 228 cm³/mol. The summed E-state index contributed by atoms with van der Waals surface area (Å²) in [4.78, 5) is 30.1. The number of ether oxygens (including phenoxy) is 1. The third-order valence-electron chi connectivity index (χ3n) is 11.5. The molecule has 312 valence electrons. The molecule has 1 aliphatic rings. The van der Waals surface area contributed by atoms with Crippen molar-refractivity contribution in [1.82, 2.24) is 4.90 Å². The molecule has 0 fully saturated rings. The Balaban J connectivity index is 1.81. The molecule has 0 aromatic rings. The number of rotatable bonds is 42. The molecule has 0 saturated heterocycles. The maximum Gasteiger partial charge on any atom is 0.305 e. The van der Waals surface area contributed by atoms with Crippen LogP contribution in [0.2, 0.25) is 0 Å². The van der Waals surface area contributed by atoms with Gasteiger partial charge in [-0.05, 0) is 39.0 Å². The number of aliphatic carboxylic acids is 1. The van der Waals surface area contributed by atoms with Crippen LogP contribution in [0.5, 0.6) is 0 Å². The molecule has 1 aliphatic heterocycles. The molecule has 6 nitrogen and oxygen atoms in total. The van der Waals surface area contributed by atoms with Gasteiger partial charge in [0, 0.05) is 31.8 Å². The Hall–Kier alpha value is -1.59. The van der Waals surface area contributed by atoms with E-state index < -0.39 is 5.97 Å². The highest BCUT2D eigenvalue weighted by Gasteiger charge is 2.22. The largest absolute Gasteiger partial charge is 0.481 e. The number of hydrogen-bond donors (Lipinski definition) is 1. The van der Waals surface area contributed by atoms with Crippen molar-refractivity contribution in [2.45, 2.75) is 264 Å². The molecule has 0 radical (unpaired) electrons. The summed E-state index contributed by atoms with van der Waals surface area (Å²) < 4.78 is 5.48. The van der Waals surface area contributed by atoms with E-state index in [1.54, 1.807) is 0 Å². The van der Waals surface area contributed by atoms with Gasteiger partial charge in [0.05, 0.1) is 19.0 Å². The number of carbonyl (C=O) groups is 2. The summed E-state index contributed by atoms with van der Waals surface area (Å²) >= 11 is 0. The molecule has 0 aliphatic carbocycles. The van der Waals surface area contributed by atoms with Crippen LogP contribution in [0.25, 0.3) is 0 Å². The SMILES string of the molecule is CCCCCCCCCCCCCCCCOC(=O)CCCCCCCCCCCCCN1C(CCCCCCCCCCCCC(=O)O)=NCC1C. The highest BCUT2D eigenvalue weighted by atomic mass is 16.5. The van der Waals surface area contributed by atoms with Crippen LogP contribution in [-0.4, -0.2) is 53.5 Å². The van der Waals surface area contributed by atoms with E-state index in [4.69, 9.17) is 14.8 Å². The Kier molecular flexibility index (Phi) is 36.1. The van der Waals surface area contributed by atoms with E-state index in [0.717, 1.165) is 45.1 Å². The van der Waals surface area contributed by atoms with Crippen molar-refractivity contribution in [3.8, 4) is 0 Å². The second kappa shape index (κ2) is 38.7. The summed E-state index contributed by atoms with van der Waals surface area (Å²) in [6, 6.07) is 0.574. The fraction of sp³-hybridized carbons (Fsp3) is 0.936. The number of amidine groups is 1. The first-order chi connectivity index (χ1) is 26.0. The molecule has 6 heteroatoms. The number of nitrogens with zero attached hydrogens (tertiary/aromatic N) is 2. The van der Waals surface area contributed by atoms with Gasteiger partial charge in [0.2, 0.25) is 0 Å². The van der Waals surface area contributed by atoms with Crippen molar-refractivity contribution < 1.29 is 19.4 Å². The topological polar surface area (TPSA) is 79.2 Å². The van der Waals surface area contributed by atoms with E-state index in [9.17, 15) is 9.59 Å². The zero-order valence-corrected chi connectivity index (χ0v) is 35.6. The lowest BCUT2D eigenvalue weighted by Gasteiger charge is -2.25. The second-order valence-corrected chi connectivity index (χ2v) is 16.7. The summed E-state index contributed by atoms with van der Waals surface area (Å²) in [5.41, 5.74) is 0. The Morgan fingerprint density at radius 1 is 0.547 bits per heavy atom. The smallest absolute Gasteiger partial charge is 0.305 e. The molecule has 0 bridgehead atoms. The van der Waals surface area contributed by atoms with Crippen molar-refractivity contribution in [3.63, 3.8) is 0 Å². The van der Waals surface area contributed by atoms with Gasteiger partial charge in [0.1, 0.15) is 0 Å². The molecule has 53 heavy (non-hydrogen) atoms. The van der Waals surface area contributed by atoms with E-state index in [0.29, 0.717) is 25.5 Å². The van der Waals surface area contributed by atoms with Gasteiger partial charge in [-0.15, -0.1) is 0 Å². The number of carboxylic acids is 1. The van der Waals surface area contributed by atoms with Crippen LogP contribution in [0.1, 0.15) is 258 Å². The zero-order valence-electron chi connectivity index (χ0n) is 35.6. The number of hydrogen-bond acceptors (Lipinski definition) is 5. The average Bonchev–Trinajstić information content (AvgIpc) is 3.50. The fourth-order valence-electron chi connectivity index (χ4n) is 7.92. The van der Waals surface area contributed by atoms with Crippen molar-refractivity contribution in [3.05, 3.63) is 0 Å². The second-order valence-electron chi connectivity index (χ2n) is 16.7. The van der Waals surface area contributed by atoms with Crippen LogP contribution in [0.4, 0.5) is 0 Å². The Morgan fingerprint density at radius 2 is 0.925 bits per heavy atom. The minimum Gasteiger partial charge on any atom is -0.481 e. The summed E-state index contributed by atoms with van der Waals surface area (Å²) in [5.74, 6) is 0.723. The van der Waals surface area contributed by atoms with Gasteiger partial charge in [-0.3, -0.25) is 14.6 Å². The van der Waals surface area contributed by atoms with Crippen LogP contribution in [0, 0.1) is 0 Å². The summed E-state index contributed by atoms with van der Waals surface area (Å²) in [7, 11) is 0. The third kappa shape index (κ3) is 33.5. The third-order valence-corrected chi connectivity index (χ3v) is 11.5. The molecule has 0 aromatic heterocycles. The molecule has 0 spiro atoms. The number of aliphatic imine (C=N–C) groups is 1. The molecule has 0 amide bonds. The number of unbranched alkanes of at least 4 members (excludes halogenated alkanes) is 32. The lowest BCUT2D eigenvalue weighted by atomic mass is 10.0.